The summed E-state index contributed by atoms with van der Waals surface area (Å²) in [6.07, 6.45) is 0.435. The van der Waals surface area contributed by atoms with Gasteiger partial charge < -0.3 is 15.0 Å². The van der Waals surface area contributed by atoms with E-state index in [4.69, 9.17) is 10.2 Å². The molecule has 0 aromatic heterocycles. The number of carboxylic acid groups (broad SMARTS) is 2. The number of aryl methyl sites for hydroxylation is 1. The highest BCUT2D eigenvalue weighted by Gasteiger charge is 2.15. The minimum Gasteiger partial charge on any atom is -0.478 e. The van der Waals surface area contributed by atoms with E-state index in [2.05, 4.69) is 0 Å². The Hall–Kier alpha value is -2.17. The molecule has 0 aliphatic rings. The maximum absolute atomic E-state index is 10.9. The first-order valence-corrected chi connectivity index (χ1v) is 4.51. The lowest BCUT2D eigenvalue weighted by Crippen LogP contribution is -2.08. The Bertz CT molecular complexity index is 462. The maximum atomic E-state index is 10.9. The highest BCUT2D eigenvalue weighted by Crippen LogP contribution is 2.17. The van der Waals surface area contributed by atoms with Gasteiger partial charge in [-0.2, -0.15) is 0 Å². The van der Waals surface area contributed by atoms with Crippen LogP contribution in [-0.2, 0) is 11.2 Å². The number of hydrogen-bond acceptors (Lipinski definition) is 3. The maximum Gasteiger partial charge on any atom is 0.335 e. The quantitative estimate of drug-likeness (QED) is 0.745. The van der Waals surface area contributed by atoms with Crippen molar-refractivity contribution in [1.29, 1.82) is 0 Å². The fourth-order valence-corrected chi connectivity index (χ4v) is 1.44. The molecule has 0 aliphatic carbocycles. The van der Waals surface area contributed by atoms with Crippen molar-refractivity contribution in [2.24, 2.45) is 0 Å². The van der Waals surface area contributed by atoms with Crippen LogP contribution in [0.15, 0.2) is 12.1 Å². The van der Waals surface area contributed by atoms with Gasteiger partial charge in [0, 0.05) is 6.42 Å². The fraction of sp³-hybridized carbons (Fsp3) is 0.182. The van der Waals surface area contributed by atoms with Gasteiger partial charge in [0.25, 0.3) is 0 Å². The van der Waals surface area contributed by atoms with E-state index in [0.29, 0.717) is 11.8 Å². The number of carbonyl (C=O) groups excluding carboxylic acids is 1. The number of aromatic carboxylic acids is 2. The van der Waals surface area contributed by atoms with E-state index < -0.39 is 11.9 Å². The first kappa shape index (κ1) is 11.9. The average molecular weight is 222 g/mol. The molecule has 0 atom stereocenters. The molecule has 0 saturated carbocycles. The van der Waals surface area contributed by atoms with E-state index in [1.165, 1.54) is 19.1 Å². The van der Waals surface area contributed by atoms with Crippen LogP contribution in [0.25, 0.3) is 0 Å². The monoisotopic (exact) mass is 222 g/mol. The van der Waals surface area contributed by atoms with Crippen molar-refractivity contribution < 1.29 is 24.6 Å². The van der Waals surface area contributed by atoms with Crippen molar-refractivity contribution in [3.63, 3.8) is 0 Å². The zero-order chi connectivity index (χ0) is 12.3. The summed E-state index contributed by atoms with van der Waals surface area (Å²) in [5, 5.41) is 17.7. The van der Waals surface area contributed by atoms with Crippen LogP contribution in [0, 0.1) is 6.92 Å². The molecule has 5 heteroatoms. The van der Waals surface area contributed by atoms with Crippen molar-refractivity contribution in [3.05, 3.63) is 34.4 Å². The minimum atomic E-state index is -1.17. The lowest BCUT2D eigenvalue weighted by atomic mass is 9.97. The summed E-state index contributed by atoms with van der Waals surface area (Å²) < 4.78 is 0. The van der Waals surface area contributed by atoms with Crippen molar-refractivity contribution in [3.8, 4) is 0 Å². The Morgan fingerprint density at radius 2 is 1.75 bits per heavy atom. The number of benzene rings is 1. The highest BCUT2D eigenvalue weighted by molar-refractivity contribution is 5.95. The summed E-state index contributed by atoms with van der Waals surface area (Å²) >= 11 is 0. The van der Waals surface area contributed by atoms with E-state index in [9.17, 15) is 14.4 Å². The molecule has 0 radical (unpaired) electrons. The number of carbonyl (C=O) groups is 3. The summed E-state index contributed by atoms with van der Waals surface area (Å²) in [5.41, 5.74) is 0.557. The van der Waals surface area contributed by atoms with Gasteiger partial charge in [-0.05, 0) is 30.2 Å². The van der Waals surface area contributed by atoms with E-state index in [-0.39, 0.29) is 23.1 Å². The van der Waals surface area contributed by atoms with Gasteiger partial charge in [-0.15, -0.1) is 0 Å². The van der Waals surface area contributed by atoms with E-state index >= 15 is 0 Å². The third-order valence-electron chi connectivity index (χ3n) is 2.21. The van der Waals surface area contributed by atoms with E-state index in [1.807, 2.05) is 0 Å². The van der Waals surface area contributed by atoms with Crippen LogP contribution in [-0.4, -0.2) is 28.4 Å². The second-order valence-electron chi connectivity index (χ2n) is 3.31. The van der Waals surface area contributed by atoms with Gasteiger partial charge in [-0.25, -0.2) is 9.59 Å². The lowest BCUT2D eigenvalue weighted by molar-refractivity contribution is -0.107. The van der Waals surface area contributed by atoms with Crippen LogP contribution in [0.1, 0.15) is 31.8 Å². The molecule has 0 bridgehead atoms. The van der Waals surface area contributed by atoms with Gasteiger partial charge in [0.1, 0.15) is 6.29 Å². The molecule has 5 nitrogen and oxygen atoms in total. The molecule has 0 aliphatic heterocycles. The van der Waals surface area contributed by atoms with Crippen molar-refractivity contribution in [1.82, 2.24) is 0 Å². The third kappa shape index (κ3) is 2.25. The van der Waals surface area contributed by atoms with Crippen LogP contribution < -0.4 is 0 Å². The van der Waals surface area contributed by atoms with Crippen LogP contribution in [0.4, 0.5) is 0 Å². The average Bonchev–Trinajstić information content (AvgIpc) is 2.19. The molecule has 1 rings (SSSR count). The summed E-state index contributed by atoms with van der Waals surface area (Å²) in [6.45, 7) is 1.51. The SMILES string of the molecule is Cc1cc(C(=O)O)c(CC=O)cc1C(=O)O. The minimum absolute atomic E-state index is 0.0156. The first-order chi connectivity index (χ1) is 7.47. The molecule has 2 N–H and O–H groups in total. The zero-order valence-electron chi connectivity index (χ0n) is 8.56. The zero-order valence-corrected chi connectivity index (χ0v) is 8.56. The second kappa shape index (κ2) is 4.57. The lowest BCUT2D eigenvalue weighted by Gasteiger charge is -2.07. The Kier molecular flexibility index (Phi) is 3.40. The number of hydrogen-bond donors (Lipinski definition) is 2. The van der Waals surface area contributed by atoms with Crippen LogP contribution in [0.3, 0.4) is 0 Å². The van der Waals surface area contributed by atoms with Crippen LogP contribution in [0.5, 0.6) is 0 Å². The molecule has 16 heavy (non-hydrogen) atoms. The van der Waals surface area contributed by atoms with Gasteiger partial charge >= 0.3 is 11.9 Å². The van der Waals surface area contributed by atoms with Gasteiger partial charge in [0.05, 0.1) is 11.1 Å². The molecule has 0 saturated heterocycles. The Labute approximate surface area is 91.3 Å². The highest BCUT2D eigenvalue weighted by atomic mass is 16.4. The first-order valence-electron chi connectivity index (χ1n) is 4.51. The molecule has 84 valence electrons. The summed E-state index contributed by atoms with van der Waals surface area (Å²) in [5.74, 6) is -2.31. The summed E-state index contributed by atoms with van der Waals surface area (Å²) in [7, 11) is 0. The third-order valence-corrected chi connectivity index (χ3v) is 2.21. The van der Waals surface area contributed by atoms with Gasteiger partial charge in [0.15, 0.2) is 0 Å². The standard InChI is InChI=1S/C11H10O5/c1-6-4-9(11(15)16)7(2-3-12)5-8(6)10(13)14/h3-5H,2H2,1H3,(H,13,14)(H,15,16). The van der Waals surface area contributed by atoms with Crippen molar-refractivity contribution in [2.75, 3.05) is 0 Å². The van der Waals surface area contributed by atoms with Gasteiger partial charge in [-0.1, -0.05) is 0 Å². The van der Waals surface area contributed by atoms with E-state index in [1.54, 1.807) is 0 Å². The molecular weight excluding hydrogens is 212 g/mol. The fourth-order valence-electron chi connectivity index (χ4n) is 1.44. The van der Waals surface area contributed by atoms with Crippen LogP contribution >= 0.6 is 0 Å². The van der Waals surface area contributed by atoms with Crippen LogP contribution in [0.2, 0.25) is 0 Å². The Morgan fingerprint density at radius 3 is 2.19 bits per heavy atom. The second-order valence-corrected chi connectivity index (χ2v) is 3.31. The Balaban J connectivity index is 3.42. The van der Waals surface area contributed by atoms with Crippen molar-refractivity contribution in [2.45, 2.75) is 13.3 Å². The molecule has 0 spiro atoms. The molecule has 0 amide bonds. The predicted molar refractivity (Wildman–Crippen MR) is 54.9 cm³/mol. The van der Waals surface area contributed by atoms with E-state index in [0.717, 1.165) is 0 Å². The van der Waals surface area contributed by atoms with Gasteiger partial charge in [-0.3, -0.25) is 0 Å². The molecule has 0 heterocycles. The molecular formula is C11H10O5. The number of carboxylic acids is 2. The predicted octanol–water partition coefficient (Wildman–Crippen LogP) is 1.13. The summed E-state index contributed by atoms with van der Waals surface area (Å²) in [6, 6.07) is 2.50. The molecule has 0 fully saturated rings. The van der Waals surface area contributed by atoms with Crippen molar-refractivity contribution >= 4 is 18.2 Å². The molecule has 0 unspecified atom stereocenters. The summed E-state index contributed by atoms with van der Waals surface area (Å²) in [4.78, 5) is 32.1. The topological polar surface area (TPSA) is 91.7 Å². The number of aldehydes is 1. The molecule has 1 aromatic rings. The number of rotatable bonds is 4. The van der Waals surface area contributed by atoms with Gasteiger partial charge in [0.2, 0.25) is 0 Å². The molecule has 1 aromatic carbocycles. The largest absolute Gasteiger partial charge is 0.478 e. The smallest absolute Gasteiger partial charge is 0.335 e. The Morgan fingerprint density at radius 1 is 1.19 bits per heavy atom. The normalized spacial score (nSPS) is 9.81.